The van der Waals surface area contributed by atoms with Crippen LogP contribution in [0.15, 0.2) is 84.9 Å². The Balaban J connectivity index is 1.55. The summed E-state index contributed by atoms with van der Waals surface area (Å²) in [6.07, 6.45) is 2.07. The zero-order valence-electron chi connectivity index (χ0n) is 15.0. The zero-order chi connectivity index (χ0) is 18.2. The van der Waals surface area contributed by atoms with Gasteiger partial charge in [0.15, 0.2) is 6.23 Å². The summed E-state index contributed by atoms with van der Waals surface area (Å²) in [6.45, 7) is 0. The molecule has 0 radical (unpaired) electrons. The Morgan fingerprint density at radius 2 is 1.63 bits per heavy atom. The number of fused-ring (bicyclic) bond motifs is 3. The van der Waals surface area contributed by atoms with Crippen molar-refractivity contribution in [3.63, 3.8) is 0 Å². The SMILES string of the molecule is COc1ccc(C2=C[C@@H]3c4ccccc4O[C@@H](c4ccccc4)N3N2)cc1. The highest BCUT2D eigenvalue weighted by Gasteiger charge is 2.39. The molecule has 0 aromatic heterocycles. The van der Waals surface area contributed by atoms with Crippen LogP contribution in [-0.4, -0.2) is 12.1 Å². The van der Waals surface area contributed by atoms with Crippen molar-refractivity contribution in [1.82, 2.24) is 10.4 Å². The summed E-state index contributed by atoms with van der Waals surface area (Å²) in [5.41, 5.74) is 8.04. The van der Waals surface area contributed by atoms with Crippen LogP contribution in [0.4, 0.5) is 0 Å². The van der Waals surface area contributed by atoms with E-state index in [2.05, 4.69) is 52.9 Å². The maximum Gasteiger partial charge on any atom is 0.195 e. The molecule has 2 aliphatic rings. The zero-order valence-corrected chi connectivity index (χ0v) is 15.0. The smallest absolute Gasteiger partial charge is 0.195 e. The second-order valence-electron chi connectivity index (χ2n) is 6.69. The number of hydrogen-bond donors (Lipinski definition) is 1. The molecule has 0 saturated heterocycles. The number of methoxy groups -OCH3 is 1. The van der Waals surface area contributed by atoms with Crippen LogP contribution in [0, 0.1) is 0 Å². The molecular weight excluding hydrogens is 336 g/mol. The Kier molecular flexibility index (Phi) is 3.84. The fourth-order valence-electron chi connectivity index (χ4n) is 3.72. The third-order valence-corrected chi connectivity index (χ3v) is 5.09. The lowest BCUT2D eigenvalue weighted by Crippen LogP contribution is -2.43. The Bertz CT molecular complexity index is 983. The van der Waals surface area contributed by atoms with Gasteiger partial charge in [-0.25, -0.2) is 0 Å². The van der Waals surface area contributed by atoms with Crippen molar-refractivity contribution >= 4 is 5.70 Å². The molecular formula is C23H20N2O2. The number of nitrogens with zero attached hydrogens (tertiary/aromatic N) is 1. The number of benzene rings is 3. The van der Waals surface area contributed by atoms with E-state index in [1.54, 1.807) is 7.11 Å². The Morgan fingerprint density at radius 1 is 0.889 bits per heavy atom. The molecule has 3 aromatic rings. The van der Waals surface area contributed by atoms with Crippen molar-refractivity contribution in [1.29, 1.82) is 0 Å². The summed E-state index contributed by atoms with van der Waals surface area (Å²) < 4.78 is 11.6. The number of nitrogens with one attached hydrogen (secondary N) is 1. The highest BCUT2D eigenvalue weighted by atomic mass is 16.5. The van der Waals surface area contributed by atoms with Crippen LogP contribution in [0.1, 0.15) is 29.0 Å². The minimum absolute atomic E-state index is 0.109. The van der Waals surface area contributed by atoms with E-state index in [-0.39, 0.29) is 12.3 Å². The lowest BCUT2D eigenvalue weighted by atomic mass is 10.0. The van der Waals surface area contributed by atoms with Gasteiger partial charge in [-0.3, -0.25) is 0 Å². The normalized spacial score (nSPS) is 20.7. The van der Waals surface area contributed by atoms with E-state index >= 15 is 0 Å². The van der Waals surface area contributed by atoms with Gasteiger partial charge < -0.3 is 14.9 Å². The fraction of sp³-hybridized carbons (Fsp3) is 0.130. The van der Waals surface area contributed by atoms with E-state index in [0.717, 1.165) is 28.3 Å². The van der Waals surface area contributed by atoms with Gasteiger partial charge in [0.05, 0.1) is 18.8 Å². The van der Waals surface area contributed by atoms with Crippen LogP contribution in [-0.2, 0) is 0 Å². The summed E-state index contributed by atoms with van der Waals surface area (Å²) in [5.74, 6) is 1.78. The molecule has 2 aliphatic heterocycles. The van der Waals surface area contributed by atoms with Crippen LogP contribution in [0.25, 0.3) is 5.70 Å². The molecule has 5 rings (SSSR count). The topological polar surface area (TPSA) is 33.7 Å². The van der Waals surface area contributed by atoms with Gasteiger partial charge in [-0.2, -0.15) is 5.01 Å². The number of hydrogen-bond acceptors (Lipinski definition) is 4. The molecule has 4 nitrogen and oxygen atoms in total. The van der Waals surface area contributed by atoms with Gasteiger partial charge in [-0.05, 0) is 42.0 Å². The average molecular weight is 356 g/mol. The van der Waals surface area contributed by atoms with Crippen LogP contribution in [0.5, 0.6) is 11.5 Å². The second kappa shape index (κ2) is 6.49. The minimum atomic E-state index is -0.196. The molecule has 2 heterocycles. The van der Waals surface area contributed by atoms with Crippen LogP contribution in [0.3, 0.4) is 0 Å². The molecule has 0 spiro atoms. The largest absolute Gasteiger partial charge is 0.497 e. The first-order valence-corrected chi connectivity index (χ1v) is 9.05. The number of ether oxygens (including phenoxy) is 2. The van der Waals surface area contributed by atoms with Crippen molar-refractivity contribution in [2.75, 3.05) is 7.11 Å². The molecule has 3 aromatic carbocycles. The molecule has 27 heavy (non-hydrogen) atoms. The quantitative estimate of drug-likeness (QED) is 0.738. The van der Waals surface area contributed by atoms with E-state index in [1.165, 1.54) is 5.56 Å². The summed E-state index contributed by atoms with van der Waals surface area (Å²) in [5, 5.41) is 2.18. The Morgan fingerprint density at radius 3 is 2.41 bits per heavy atom. The molecule has 0 aliphatic carbocycles. The van der Waals surface area contributed by atoms with Gasteiger partial charge in [-0.1, -0.05) is 48.5 Å². The van der Waals surface area contributed by atoms with Gasteiger partial charge in [0.1, 0.15) is 11.5 Å². The van der Waals surface area contributed by atoms with Gasteiger partial charge in [0.2, 0.25) is 0 Å². The molecule has 0 amide bonds. The van der Waals surface area contributed by atoms with Gasteiger partial charge >= 0.3 is 0 Å². The van der Waals surface area contributed by atoms with Crippen LogP contribution in [0.2, 0.25) is 0 Å². The van der Waals surface area contributed by atoms with Crippen molar-refractivity contribution in [2.24, 2.45) is 0 Å². The van der Waals surface area contributed by atoms with Gasteiger partial charge in [0.25, 0.3) is 0 Å². The predicted octanol–water partition coefficient (Wildman–Crippen LogP) is 4.69. The van der Waals surface area contributed by atoms with Gasteiger partial charge in [0, 0.05) is 11.1 Å². The Hall–Kier alpha value is -3.24. The summed E-state index contributed by atoms with van der Waals surface area (Å²) in [6, 6.07) is 26.8. The molecule has 0 unspecified atom stereocenters. The Labute approximate surface area is 158 Å². The van der Waals surface area contributed by atoms with Crippen LogP contribution < -0.4 is 14.9 Å². The molecule has 134 valence electrons. The molecule has 0 saturated carbocycles. The maximum atomic E-state index is 6.36. The second-order valence-corrected chi connectivity index (χ2v) is 6.69. The standard InChI is InChI=1S/C23H20N2O2/c1-26-18-13-11-16(12-14-18)20-15-21-19-9-5-6-10-22(19)27-23(25(21)24-20)17-7-3-2-4-8-17/h2-15,21,23-24H,1H3/t21-,23+/m1/s1. The first kappa shape index (κ1) is 16.0. The predicted molar refractivity (Wildman–Crippen MR) is 105 cm³/mol. The van der Waals surface area contributed by atoms with Crippen molar-refractivity contribution < 1.29 is 9.47 Å². The van der Waals surface area contributed by atoms with E-state index in [0.29, 0.717) is 0 Å². The summed E-state index contributed by atoms with van der Waals surface area (Å²) in [7, 11) is 1.68. The number of para-hydroxylation sites is 1. The lowest BCUT2D eigenvalue weighted by Gasteiger charge is -2.38. The van der Waals surface area contributed by atoms with Crippen molar-refractivity contribution in [3.8, 4) is 11.5 Å². The first-order chi connectivity index (χ1) is 13.3. The number of rotatable bonds is 3. The van der Waals surface area contributed by atoms with E-state index in [1.807, 2.05) is 42.5 Å². The third-order valence-electron chi connectivity index (χ3n) is 5.09. The van der Waals surface area contributed by atoms with Gasteiger partial charge in [-0.15, -0.1) is 0 Å². The highest BCUT2D eigenvalue weighted by molar-refractivity contribution is 5.68. The summed E-state index contributed by atoms with van der Waals surface area (Å²) >= 11 is 0. The summed E-state index contributed by atoms with van der Waals surface area (Å²) in [4.78, 5) is 0. The number of hydrazine groups is 1. The molecule has 0 fully saturated rings. The molecule has 0 bridgehead atoms. The maximum absolute atomic E-state index is 6.36. The average Bonchev–Trinajstić information content (AvgIpc) is 3.19. The van der Waals surface area contributed by atoms with Crippen molar-refractivity contribution in [2.45, 2.75) is 12.3 Å². The monoisotopic (exact) mass is 356 g/mol. The molecule has 4 heteroatoms. The van der Waals surface area contributed by atoms with E-state index in [4.69, 9.17) is 9.47 Å². The minimum Gasteiger partial charge on any atom is -0.497 e. The van der Waals surface area contributed by atoms with Crippen molar-refractivity contribution in [3.05, 3.63) is 102 Å². The third kappa shape index (κ3) is 2.75. The van der Waals surface area contributed by atoms with Crippen LogP contribution >= 0.6 is 0 Å². The van der Waals surface area contributed by atoms with E-state index in [9.17, 15) is 0 Å². The lowest BCUT2D eigenvalue weighted by molar-refractivity contribution is -0.0326. The fourth-order valence-corrected chi connectivity index (χ4v) is 3.72. The molecule has 2 atom stereocenters. The molecule has 1 N–H and O–H groups in total. The first-order valence-electron chi connectivity index (χ1n) is 9.05. The van der Waals surface area contributed by atoms with E-state index < -0.39 is 0 Å². The highest BCUT2D eigenvalue weighted by Crippen LogP contribution is 2.45.